The van der Waals surface area contributed by atoms with Gasteiger partial charge in [0, 0.05) is 24.9 Å². The number of aliphatic carboxylic acids is 1. The summed E-state index contributed by atoms with van der Waals surface area (Å²) < 4.78 is 4.98. The average molecular weight is 210 g/mol. The van der Waals surface area contributed by atoms with Crippen LogP contribution in [0.3, 0.4) is 0 Å². The van der Waals surface area contributed by atoms with E-state index in [-0.39, 0.29) is 0 Å². The van der Waals surface area contributed by atoms with Crippen LogP contribution in [0.4, 0.5) is 0 Å². The number of rotatable bonds is 4. The van der Waals surface area contributed by atoms with E-state index in [1.165, 1.54) is 13.4 Å². The number of hydrogen-bond acceptors (Lipinski definition) is 4. The van der Waals surface area contributed by atoms with E-state index in [0.717, 1.165) is 5.56 Å². The van der Waals surface area contributed by atoms with Crippen molar-refractivity contribution in [3.8, 4) is 0 Å². The smallest absolute Gasteiger partial charge is 0.333 e. The highest BCUT2D eigenvalue weighted by Crippen LogP contribution is 2.27. The fourth-order valence-electron chi connectivity index (χ4n) is 1.49. The number of methoxy groups -OCH3 is 1. The molecule has 0 radical (unpaired) electrons. The molecule has 0 aliphatic carbocycles. The first-order valence-corrected chi connectivity index (χ1v) is 4.51. The molecule has 15 heavy (non-hydrogen) atoms. The third kappa shape index (κ3) is 2.30. The third-order valence-electron chi connectivity index (χ3n) is 2.42. The fourth-order valence-corrected chi connectivity index (χ4v) is 1.49. The summed E-state index contributed by atoms with van der Waals surface area (Å²) in [6, 6.07) is 0. The first-order chi connectivity index (χ1) is 7.00. The maximum atomic E-state index is 11.0. The number of carbonyl (C=O) groups is 1. The van der Waals surface area contributed by atoms with Gasteiger partial charge in [-0.3, -0.25) is 0 Å². The Morgan fingerprint density at radius 3 is 2.40 bits per heavy atom. The molecule has 0 aliphatic heterocycles. The van der Waals surface area contributed by atoms with E-state index in [0.29, 0.717) is 0 Å². The molecular formula is C10H14N2O3. The molecule has 1 aromatic heterocycles. The van der Waals surface area contributed by atoms with Crippen LogP contribution in [-0.4, -0.2) is 34.3 Å². The Morgan fingerprint density at radius 2 is 2.00 bits per heavy atom. The van der Waals surface area contributed by atoms with Gasteiger partial charge in [-0.1, -0.05) is 13.8 Å². The van der Waals surface area contributed by atoms with Crippen LogP contribution in [0.5, 0.6) is 0 Å². The zero-order valence-corrected chi connectivity index (χ0v) is 8.97. The molecule has 0 fully saturated rings. The molecule has 0 saturated heterocycles. The van der Waals surface area contributed by atoms with E-state index >= 15 is 0 Å². The fraction of sp³-hybridized carbons (Fsp3) is 0.500. The molecule has 0 saturated carbocycles. The SMILES string of the molecule is COC(C(=O)O)C(C)(C)c1cncnc1. The Balaban J connectivity index is 3.05. The van der Waals surface area contributed by atoms with Crippen LogP contribution in [0.1, 0.15) is 19.4 Å². The summed E-state index contributed by atoms with van der Waals surface area (Å²) >= 11 is 0. The molecule has 0 spiro atoms. The minimum atomic E-state index is -0.994. The summed E-state index contributed by atoms with van der Waals surface area (Å²) in [5, 5.41) is 9.00. The summed E-state index contributed by atoms with van der Waals surface area (Å²) in [5.41, 5.74) is 0.0706. The Kier molecular flexibility index (Phi) is 3.36. The number of ether oxygens (including phenoxy) is 1. The quantitative estimate of drug-likeness (QED) is 0.797. The van der Waals surface area contributed by atoms with Crippen LogP contribution in [0.15, 0.2) is 18.7 Å². The van der Waals surface area contributed by atoms with Crippen molar-refractivity contribution in [1.82, 2.24) is 9.97 Å². The number of aromatic nitrogens is 2. The lowest BCUT2D eigenvalue weighted by atomic mass is 9.80. The highest BCUT2D eigenvalue weighted by molar-refractivity contribution is 5.74. The second-order valence-electron chi connectivity index (χ2n) is 3.80. The van der Waals surface area contributed by atoms with Gasteiger partial charge in [0.05, 0.1) is 0 Å². The van der Waals surface area contributed by atoms with Crippen molar-refractivity contribution in [2.75, 3.05) is 7.11 Å². The van der Waals surface area contributed by atoms with E-state index in [2.05, 4.69) is 9.97 Å². The molecule has 1 heterocycles. The molecule has 0 aliphatic rings. The Labute approximate surface area is 88.1 Å². The highest BCUT2D eigenvalue weighted by Gasteiger charge is 2.37. The molecule has 5 heteroatoms. The van der Waals surface area contributed by atoms with Crippen molar-refractivity contribution in [3.05, 3.63) is 24.3 Å². The molecule has 1 aromatic rings. The van der Waals surface area contributed by atoms with Gasteiger partial charge in [-0.05, 0) is 5.56 Å². The van der Waals surface area contributed by atoms with Crippen LogP contribution in [0.2, 0.25) is 0 Å². The van der Waals surface area contributed by atoms with Gasteiger partial charge in [0.15, 0.2) is 6.10 Å². The zero-order chi connectivity index (χ0) is 11.5. The van der Waals surface area contributed by atoms with Crippen molar-refractivity contribution in [2.24, 2.45) is 0 Å². The minimum absolute atomic E-state index is 0.665. The topological polar surface area (TPSA) is 72.3 Å². The molecule has 1 rings (SSSR count). The molecular weight excluding hydrogens is 196 g/mol. The van der Waals surface area contributed by atoms with Gasteiger partial charge in [-0.2, -0.15) is 0 Å². The molecule has 1 unspecified atom stereocenters. The Morgan fingerprint density at radius 1 is 1.47 bits per heavy atom. The summed E-state index contributed by atoms with van der Waals surface area (Å²) in [5.74, 6) is -0.994. The second kappa shape index (κ2) is 4.35. The van der Waals surface area contributed by atoms with Gasteiger partial charge in [-0.25, -0.2) is 14.8 Å². The standard InChI is InChI=1S/C10H14N2O3/c1-10(2,8(15-3)9(13)14)7-4-11-6-12-5-7/h4-6,8H,1-3H3,(H,13,14). The third-order valence-corrected chi connectivity index (χ3v) is 2.42. The van der Waals surface area contributed by atoms with Crippen LogP contribution in [0, 0.1) is 0 Å². The maximum Gasteiger partial charge on any atom is 0.333 e. The van der Waals surface area contributed by atoms with Gasteiger partial charge in [0.25, 0.3) is 0 Å². The first-order valence-electron chi connectivity index (χ1n) is 4.51. The van der Waals surface area contributed by atoms with Gasteiger partial charge < -0.3 is 9.84 Å². The van der Waals surface area contributed by atoms with E-state index < -0.39 is 17.5 Å². The molecule has 1 N–H and O–H groups in total. The highest BCUT2D eigenvalue weighted by atomic mass is 16.5. The molecule has 0 aromatic carbocycles. The van der Waals surface area contributed by atoms with E-state index in [9.17, 15) is 4.79 Å². The molecule has 0 amide bonds. The van der Waals surface area contributed by atoms with Crippen molar-refractivity contribution in [1.29, 1.82) is 0 Å². The van der Waals surface area contributed by atoms with E-state index in [4.69, 9.17) is 9.84 Å². The predicted molar refractivity (Wildman–Crippen MR) is 53.5 cm³/mol. The van der Waals surface area contributed by atoms with Crippen LogP contribution in [-0.2, 0) is 14.9 Å². The van der Waals surface area contributed by atoms with Gasteiger partial charge >= 0.3 is 5.97 Å². The van der Waals surface area contributed by atoms with Crippen molar-refractivity contribution in [3.63, 3.8) is 0 Å². The van der Waals surface area contributed by atoms with Gasteiger partial charge in [-0.15, -0.1) is 0 Å². The second-order valence-corrected chi connectivity index (χ2v) is 3.80. The Bertz CT molecular complexity index is 338. The number of carboxylic acids is 1. The molecule has 1 atom stereocenters. The normalized spacial score (nSPS) is 13.5. The number of hydrogen-bond donors (Lipinski definition) is 1. The lowest BCUT2D eigenvalue weighted by Gasteiger charge is -2.29. The lowest BCUT2D eigenvalue weighted by molar-refractivity contribution is -0.152. The van der Waals surface area contributed by atoms with Crippen molar-refractivity contribution < 1.29 is 14.6 Å². The number of nitrogens with zero attached hydrogens (tertiary/aromatic N) is 2. The summed E-state index contributed by atoms with van der Waals surface area (Å²) in [6.07, 6.45) is 3.69. The molecule has 5 nitrogen and oxygen atoms in total. The minimum Gasteiger partial charge on any atom is -0.479 e. The van der Waals surface area contributed by atoms with E-state index in [1.54, 1.807) is 26.2 Å². The monoisotopic (exact) mass is 210 g/mol. The molecule has 0 bridgehead atoms. The summed E-state index contributed by atoms with van der Waals surface area (Å²) in [7, 11) is 1.38. The summed E-state index contributed by atoms with van der Waals surface area (Å²) in [6.45, 7) is 3.57. The van der Waals surface area contributed by atoms with Crippen LogP contribution >= 0.6 is 0 Å². The molecule has 82 valence electrons. The maximum absolute atomic E-state index is 11.0. The van der Waals surface area contributed by atoms with E-state index in [1.807, 2.05) is 0 Å². The van der Waals surface area contributed by atoms with Gasteiger partial charge in [0.1, 0.15) is 6.33 Å². The largest absolute Gasteiger partial charge is 0.479 e. The van der Waals surface area contributed by atoms with Crippen molar-refractivity contribution >= 4 is 5.97 Å². The van der Waals surface area contributed by atoms with Gasteiger partial charge in [0.2, 0.25) is 0 Å². The Hall–Kier alpha value is -1.49. The predicted octanol–water partition coefficient (Wildman–Crippen LogP) is 0.854. The number of carboxylic acid groups (broad SMARTS) is 1. The van der Waals surface area contributed by atoms with Crippen LogP contribution < -0.4 is 0 Å². The van der Waals surface area contributed by atoms with Crippen LogP contribution in [0.25, 0.3) is 0 Å². The zero-order valence-electron chi connectivity index (χ0n) is 8.97. The first kappa shape index (κ1) is 11.6. The van der Waals surface area contributed by atoms with Crippen molar-refractivity contribution in [2.45, 2.75) is 25.4 Å². The average Bonchev–Trinajstić information content (AvgIpc) is 2.19. The summed E-state index contributed by atoms with van der Waals surface area (Å²) in [4.78, 5) is 18.7. The lowest BCUT2D eigenvalue weighted by Crippen LogP contribution is -2.41.